The summed E-state index contributed by atoms with van der Waals surface area (Å²) in [5.41, 5.74) is 0.102. The van der Waals surface area contributed by atoms with Gasteiger partial charge in [-0.2, -0.15) is 0 Å². The van der Waals surface area contributed by atoms with Crippen molar-refractivity contribution in [3.05, 3.63) is 0 Å². The molecule has 86 valence electrons. The second-order valence-electron chi connectivity index (χ2n) is 4.52. The summed E-state index contributed by atoms with van der Waals surface area (Å²) in [6.45, 7) is 3.55. The Morgan fingerprint density at radius 1 is 1.27 bits per heavy atom. The van der Waals surface area contributed by atoms with E-state index in [0.717, 1.165) is 12.8 Å². The molecule has 0 spiro atoms. The highest BCUT2D eigenvalue weighted by Crippen LogP contribution is 2.49. The predicted molar refractivity (Wildman–Crippen MR) is 53.6 cm³/mol. The van der Waals surface area contributed by atoms with Gasteiger partial charge in [-0.3, -0.25) is 14.5 Å². The van der Waals surface area contributed by atoms with Crippen LogP contribution >= 0.6 is 0 Å². The van der Waals surface area contributed by atoms with Crippen LogP contribution in [0.15, 0.2) is 0 Å². The molecular formula is C10H17NO4. The highest BCUT2D eigenvalue weighted by molar-refractivity contribution is 5.72. The standard InChI is InChI=1S/C10H17NO4/c1-7(10(2)3-4-10)11(5-8(12)13)6-9(14)15/h7H,3-6H2,1-2H3,(H,12,13)(H,14,15). The molecule has 1 atom stereocenters. The summed E-state index contributed by atoms with van der Waals surface area (Å²) in [6, 6.07) is 0.00435. The lowest BCUT2D eigenvalue weighted by atomic mass is 9.99. The molecule has 0 aromatic carbocycles. The van der Waals surface area contributed by atoms with Crippen molar-refractivity contribution >= 4 is 11.9 Å². The molecule has 5 heteroatoms. The molecule has 1 aliphatic rings. The largest absolute Gasteiger partial charge is 0.480 e. The number of rotatable bonds is 6. The average molecular weight is 215 g/mol. The van der Waals surface area contributed by atoms with E-state index in [-0.39, 0.29) is 24.5 Å². The van der Waals surface area contributed by atoms with Gasteiger partial charge in [-0.25, -0.2) is 0 Å². The fourth-order valence-corrected chi connectivity index (χ4v) is 1.73. The summed E-state index contributed by atoms with van der Waals surface area (Å²) < 4.78 is 0. The second kappa shape index (κ2) is 4.18. The molecule has 15 heavy (non-hydrogen) atoms. The van der Waals surface area contributed by atoms with E-state index in [4.69, 9.17) is 10.2 Å². The third kappa shape index (κ3) is 3.20. The van der Waals surface area contributed by atoms with E-state index >= 15 is 0 Å². The van der Waals surface area contributed by atoms with Crippen LogP contribution in [0.3, 0.4) is 0 Å². The number of carboxylic acid groups (broad SMARTS) is 2. The molecule has 5 nitrogen and oxygen atoms in total. The fourth-order valence-electron chi connectivity index (χ4n) is 1.73. The first-order chi connectivity index (χ1) is 6.85. The molecule has 2 N–H and O–H groups in total. The van der Waals surface area contributed by atoms with Gasteiger partial charge in [0.05, 0.1) is 13.1 Å². The Bertz CT molecular complexity index is 257. The van der Waals surface area contributed by atoms with Crippen LogP contribution in [0.2, 0.25) is 0 Å². The summed E-state index contributed by atoms with van der Waals surface area (Å²) >= 11 is 0. The van der Waals surface area contributed by atoms with Crippen LogP contribution in [-0.2, 0) is 9.59 Å². The van der Waals surface area contributed by atoms with E-state index in [2.05, 4.69) is 6.92 Å². The molecule has 0 aromatic rings. The van der Waals surface area contributed by atoms with Gasteiger partial charge in [0.1, 0.15) is 0 Å². The normalized spacial score (nSPS) is 19.9. The van der Waals surface area contributed by atoms with Crippen molar-refractivity contribution in [2.24, 2.45) is 5.41 Å². The van der Waals surface area contributed by atoms with Crippen molar-refractivity contribution in [3.8, 4) is 0 Å². The van der Waals surface area contributed by atoms with Crippen molar-refractivity contribution in [1.82, 2.24) is 4.90 Å². The summed E-state index contributed by atoms with van der Waals surface area (Å²) in [7, 11) is 0. The van der Waals surface area contributed by atoms with Crippen LogP contribution in [0.25, 0.3) is 0 Å². The molecule has 0 aliphatic heterocycles. The van der Waals surface area contributed by atoms with Gasteiger partial charge >= 0.3 is 11.9 Å². The first kappa shape index (κ1) is 12.0. The van der Waals surface area contributed by atoms with Gasteiger partial charge in [0.15, 0.2) is 0 Å². The van der Waals surface area contributed by atoms with Gasteiger partial charge < -0.3 is 10.2 Å². The van der Waals surface area contributed by atoms with Crippen LogP contribution < -0.4 is 0 Å². The molecule has 0 aromatic heterocycles. The monoisotopic (exact) mass is 215 g/mol. The Kier molecular flexibility index (Phi) is 3.34. The molecule has 0 saturated heterocycles. The number of hydrogen-bond donors (Lipinski definition) is 2. The lowest BCUT2D eigenvalue weighted by Gasteiger charge is -2.30. The maximum atomic E-state index is 10.6. The van der Waals surface area contributed by atoms with Gasteiger partial charge in [-0.05, 0) is 25.2 Å². The van der Waals surface area contributed by atoms with E-state index < -0.39 is 11.9 Å². The molecule has 1 rings (SSSR count). The Hall–Kier alpha value is -1.10. The second-order valence-corrected chi connectivity index (χ2v) is 4.52. The molecule has 1 fully saturated rings. The molecular weight excluding hydrogens is 198 g/mol. The van der Waals surface area contributed by atoms with Crippen LogP contribution in [0.5, 0.6) is 0 Å². The average Bonchev–Trinajstić information content (AvgIpc) is 2.81. The Morgan fingerprint density at radius 2 is 1.67 bits per heavy atom. The Morgan fingerprint density at radius 3 is 1.93 bits per heavy atom. The van der Waals surface area contributed by atoms with Crippen LogP contribution in [-0.4, -0.2) is 46.2 Å². The third-order valence-corrected chi connectivity index (χ3v) is 3.27. The number of carboxylic acids is 2. The molecule has 0 bridgehead atoms. The SMILES string of the molecule is CC(N(CC(=O)O)CC(=O)O)C1(C)CC1. The maximum Gasteiger partial charge on any atom is 0.317 e. The lowest BCUT2D eigenvalue weighted by molar-refractivity contribution is -0.143. The van der Waals surface area contributed by atoms with Gasteiger partial charge in [-0.1, -0.05) is 6.92 Å². The summed E-state index contributed by atoms with van der Waals surface area (Å²) in [6.07, 6.45) is 2.09. The highest BCUT2D eigenvalue weighted by atomic mass is 16.4. The first-order valence-corrected chi connectivity index (χ1v) is 5.03. The van der Waals surface area contributed by atoms with Gasteiger partial charge in [0.25, 0.3) is 0 Å². The van der Waals surface area contributed by atoms with Crippen molar-refractivity contribution < 1.29 is 19.8 Å². The van der Waals surface area contributed by atoms with Crippen molar-refractivity contribution in [3.63, 3.8) is 0 Å². The predicted octanol–water partition coefficient (Wildman–Crippen LogP) is 0.646. The molecule has 0 heterocycles. The quantitative estimate of drug-likeness (QED) is 0.680. The Labute approximate surface area is 88.7 Å². The molecule has 1 unspecified atom stereocenters. The van der Waals surface area contributed by atoms with Crippen molar-refractivity contribution in [2.45, 2.75) is 32.7 Å². The van der Waals surface area contributed by atoms with E-state index in [1.165, 1.54) is 4.90 Å². The lowest BCUT2D eigenvalue weighted by Crippen LogP contribution is -2.44. The van der Waals surface area contributed by atoms with E-state index in [1.54, 1.807) is 0 Å². The first-order valence-electron chi connectivity index (χ1n) is 5.03. The third-order valence-electron chi connectivity index (χ3n) is 3.27. The summed E-state index contributed by atoms with van der Waals surface area (Å²) in [4.78, 5) is 22.7. The van der Waals surface area contributed by atoms with Crippen molar-refractivity contribution in [2.75, 3.05) is 13.1 Å². The van der Waals surface area contributed by atoms with Gasteiger partial charge in [0, 0.05) is 6.04 Å². The Balaban J connectivity index is 2.62. The zero-order chi connectivity index (χ0) is 11.6. The van der Waals surface area contributed by atoms with Gasteiger partial charge in [-0.15, -0.1) is 0 Å². The van der Waals surface area contributed by atoms with E-state index in [0.29, 0.717) is 0 Å². The minimum Gasteiger partial charge on any atom is -0.480 e. The van der Waals surface area contributed by atoms with E-state index in [9.17, 15) is 9.59 Å². The zero-order valence-electron chi connectivity index (χ0n) is 9.06. The molecule has 0 radical (unpaired) electrons. The van der Waals surface area contributed by atoms with Crippen LogP contribution in [0.4, 0.5) is 0 Å². The minimum atomic E-state index is -0.979. The number of aliphatic carboxylic acids is 2. The zero-order valence-corrected chi connectivity index (χ0v) is 9.06. The smallest absolute Gasteiger partial charge is 0.317 e. The molecule has 1 saturated carbocycles. The summed E-state index contributed by atoms with van der Waals surface area (Å²) in [5, 5.41) is 17.4. The summed E-state index contributed by atoms with van der Waals surface area (Å²) in [5.74, 6) is -1.96. The number of carbonyl (C=O) groups is 2. The number of nitrogens with zero attached hydrogens (tertiary/aromatic N) is 1. The van der Waals surface area contributed by atoms with Crippen LogP contribution in [0, 0.1) is 5.41 Å². The van der Waals surface area contributed by atoms with Crippen LogP contribution in [0.1, 0.15) is 26.7 Å². The van der Waals surface area contributed by atoms with Crippen molar-refractivity contribution in [1.29, 1.82) is 0 Å². The molecule has 1 aliphatic carbocycles. The molecule has 0 amide bonds. The number of hydrogen-bond acceptors (Lipinski definition) is 3. The fraction of sp³-hybridized carbons (Fsp3) is 0.800. The topological polar surface area (TPSA) is 77.8 Å². The minimum absolute atomic E-state index is 0.00435. The maximum absolute atomic E-state index is 10.6. The highest BCUT2D eigenvalue weighted by Gasteiger charge is 2.45. The van der Waals surface area contributed by atoms with E-state index in [1.807, 2.05) is 6.92 Å². The van der Waals surface area contributed by atoms with Gasteiger partial charge in [0.2, 0.25) is 0 Å².